The fourth-order valence-corrected chi connectivity index (χ4v) is 11.5. The molecule has 4 aromatic rings. The first-order chi connectivity index (χ1) is 14.1. The van der Waals surface area contributed by atoms with Gasteiger partial charge in [-0.1, -0.05) is 0 Å². The fourth-order valence-electron chi connectivity index (χ4n) is 4.14. The molecule has 0 atom stereocenters. The van der Waals surface area contributed by atoms with Crippen molar-refractivity contribution in [2.45, 2.75) is 13.3 Å². The molecule has 0 saturated heterocycles. The van der Waals surface area contributed by atoms with Crippen molar-refractivity contribution in [3.63, 3.8) is 0 Å². The fraction of sp³-hybridized carbons (Fsp3) is 0.111. The van der Waals surface area contributed by atoms with Crippen molar-refractivity contribution in [3.05, 3.63) is 126 Å². The molecule has 0 N–H and O–H groups in total. The van der Waals surface area contributed by atoms with Crippen LogP contribution in [-0.4, -0.2) is 6.16 Å². The molecule has 0 bridgehead atoms. The van der Waals surface area contributed by atoms with Gasteiger partial charge in [-0.15, -0.1) is 0 Å². The van der Waals surface area contributed by atoms with E-state index >= 15 is 0 Å². The molecule has 0 heterocycles. The van der Waals surface area contributed by atoms with Crippen molar-refractivity contribution < 1.29 is 0 Å². The Morgan fingerprint density at radius 1 is 0.552 bits per heavy atom. The molecule has 146 valence electrons. The first-order valence-corrected chi connectivity index (χ1v) is 14.5. The SMILES string of the molecule is Cc1ccc(CCP(Br)(c2ccccc2)(c2ccccc2)c2ccccc2)cc1. The predicted octanol–water partition coefficient (Wildman–Crippen LogP) is 6.38. The van der Waals surface area contributed by atoms with Crippen LogP contribution in [0.5, 0.6) is 0 Å². The van der Waals surface area contributed by atoms with Crippen LogP contribution in [0.1, 0.15) is 11.1 Å². The molecule has 0 aliphatic heterocycles. The van der Waals surface area contributed by atoms with Gasteiger partial charge in [0.15, 0.2) is 0 Å². The average molecular weight is 461 g/mol. The Kier molecular flexibility index (Phi) is 5.72. The zero-order chi connectivity index (χ0) is 20.2. The van der Waals surface area contributed by atoms with E-state index in [9.17, 15) is 0 Å². The van der Waals surface area contributed by atoms with Gasteiger partial charge in [0.25, 0.3) is 0 Å². The van der Waals surface area contributed by atoms with Crippen LogP contribution in [0.15, 0.2) is 115 Å². The molecule has 0 amide bonds. The Morgan fingerprint density at radius 2 is 0.931 bits per heavy atom. The van der Waals surface area contributed by atoms with E-state index in [1.54, 1.807) is 0 Å². The molecule has 4 aromatic carbocycles. The number of hydrogen-bond acceptors (Lipinski definition) is 0. The second-order valence-corrected chi connectivity index (χ2v) is 16.7. The van der Waals surface area contributed by atoms with Gasteiger partial charge in [0.05, 0.1) is 0 Å². The van der Waals surface area contributed by atoms with Gasteiger partial charge in [-0.3, -0.25) is 0 Å². The van der Waals surface area contributed by atoms with Gasteiger partial charge in [0.1, 0.15) is 0 Å². The molecule has 4 rings (SSSR count). The van der Waals surface area contributed by atoms with Crippen molar-refractivity contribution in [2.24, 2.45) is 0 Å². The van der Waals surface area contributed by atoms with E-state index in [0.29, 0.717) is 0 Å². The van der Waals surface area contributed by atoms with Gasteiger partial charge in [-0.05, 0) is 0 Å². The molecular weight excluding hydrogens is 435 g/mol. The molecular formula is C27H26BrP. The average Bonchev–Trinajstić information content (AvgIpc) is 2.80. The maximum atomic E-state index is 4.52. The molecule has 0 nitrogen and oxygen atoms in total. The van der Waals surface area contributed by atoms with E-state index in [0.717, 1.165) is 12.6 Å². The summed E-state index contributed by atoms with van der Waals surface area (Å²) in [5.41, 5.74) is 2.69. The topological polar surface area (TPSA) is 0 Å². The molecule has 0 aromatic heterocycles. The molecule has 0 spiro atoms. The Labute approximate surface area is 182 Å². The van der Waals surface area contributed by atoms with Crippen molar-refractivity contribution >= 4 is 36.7 Å². The standard InChI is InChI=1S/C27H26BrP/c1-23-17-19-24(20-18-23)21-22-29(28,25-11-5-2-6-12-25,26-13-7-3-8-14-26)27-15-9-4-10-16-27/h2-20H,21-22H2,1H3. The zero-order valence-corrected chi connectivity index (χ0v) is 19.2. The van der Waals surface area contributed by atoms with E-state index in [4.69, 9.17) is 0 Å². The third-order valence-corrected chi connectivity index (χ3v) is 15.8. The summed E-state index contributed by atoms with van der Waals surface area (Å²) in [4.78, 5) is 0. The van der Waals surface area contributed by atoms with Crippen LogP contribution in [0.25, 0.3) is 0 Å². The van der Waals surface area contributed by atoms with Gasteiger partial charge in [-0.2, -0.15) is 0 Å². The zero-order valence-electron chi connectivity index (χ0n) is 16.7. The van der Waals surface area contributed by atoms with E-state index < -0.39 is 5.31 Å². The third kappa shape index (κ3) is 3.70. The van der Waals surface area contributed by atoms with Crippen LogP contribution < -0.4 is 15.9 Å². The van der Waals surface area contributed by atoms with Crippen LogP contribution in [-0.2, 0) is 6.42 Å². The monoisotopic (exact) mass is 460 g/mol. The van der Waals surface area contributed by atoms with Crippen molar-refractivity contribution in [2.75, 3.05) is 6.16 Å². The Bertz CT molecular complexity index is 958. The summed E-state index contributed by atoms with van der Waals surface area (Å²) in [6.45, 7) is 2.15. The second kappa shape index (κ2) is 8.27. The van der Waals surface area contributed by atoms with Gasteiger partial charge in [0.2, 0.25) is 0 Å². The van der Waals surface area contributed by atoms with Crippen molar-refractivity contribution in [1.29, 1.82) is 0 Å². The quantitative estimate of drug-likeness (QED) is 0.293. The van der Waals surface area contributed by atoms with Crippen LogP contribution in [0.4, 0.5) is 0 Å². The summed E-state index contributed by atoms with van der Waals surface area (Å²) < 4.78 is 0. The van der Waals surface area contributed by atoms with Gasteiger partial charge in [-0.25, -0.2) is 0 Å². The summed E-state index contributed by atoms with van der Waals surface area (Å²) in [6.07, 6.45) is 2.05. The molecule has 2 heteroatoms. The van der Waals surface area contributed by atoms with Crippen LogP contribution >= 0.6 is 20.8 Å². The molecule has 0 aliphatic rings. The summed E-state index contributed by atoms with van der Waals surface area (Å²) in [5, 5.41) is 1.31. The molecule has 0 unspecified atom stereocenters. The van der Waals surface area contributed by atoms with Gasteiger partial charge < -0.3 is 0 Å². The maximum absolute atomic E-state index is 4.52. The predicted molar refractivity (Wildman–Crippen MR) is 134 cm³/mol. The first kappa shape index (κ1) is 20.1. The summed E-state index contributed by atoms with van der Waals surface area (Å²) in [6, 6.07) is 42.0. The van der Waals surface area contributed by atoms with Crippen molar-refractivity contribution in [3.8, 4) is 0 Å². The van der Waals surface area contributed by atoms with Gasteiger partial charge in [0, 0.05) is 0 Å². The molecule has 0 saturated carbocycles. The normalized spacial score (nSPS) is 12.8. The molecule has 0 radical (unpaired) electrons. The first-order valence-electron chi connectivity index (χ1n) is 10.1. The van der Waals surface area contributed by atoms with E-state index in [1.165, 1.54) is 27.0 Å². The van der Waals surface area contributed by atoms with E-state index in [1.807, 2.05) is 0 Å². The number of halogens is 1. The van der Waals surface area contributed by atoms with E-state index in [2.05, 4.69) is 138 Å². The number of rotatable bonds is 6. The number of aryl methyl sites for hydroxylation is 2. The number of hydrogen-bond donors (Lipinski definition) is 0. The molecule has 29 heavy (non-hydrogen) atoms. The Hall–Kier alpha value is -2.21. The summed E-state index contributed by atoms with van der Waals surface area (Å²) >= 11 is 4.52. The summed E-state index contributed by atoms with van der Waals surface area (Å²) in [5.74, 6) is 0. The van der Waals surface area contributed by atoms with Crippen molar-refractivity contribution in [1.82, 2.24) is 0 Å². The Balaban J connectivity index is 1.95. The minimum absolute atomic E-state index is 1.02. The van der Waals surface area contributed by atoms with Gasteiger partial charge >= 0.3 is 183 Å². The number of benzene rings is 4. The van der Waals surface area contributed by atoms with Crippen LogP contribution in [0.2, 0.25) is 0 Å². The van der Waals surface area contributed by atoms with E-state index in [-0.39, 0.29) is 0 Å². The minimum atomic E-state index is -2.82. The van der Waals surface area contributed by atoms with Crippen LogP contribution in [0.3, 0.4) is 0 Å². The molecule has 0 aliphatic carbocycles. The van der Waals surface area contributed by atoms with Crippen LogP contribution in [0, 0.1) is 6.92 Å². The summed E-state index contributed by atoms with van der Waals surface area (Å²) in [7, 11) is 0. The Morgan fingerprint density at radius 3 is 1.31 bits per heavy atom. The third-order valence-electron chi connectivity index (χ3n) is 5.82. The molecule has 0 fully saturated rings. The second-order valence-electron chi connectivity index (χ2n) is 7.65.